The van der Waals surface area contributed by atoms with Crippen LogP contribution in [0.2, 0.25) is 0 Å². The number of esters is 1. The zero-order chi connectivity index (χ0) is 14.4. The fourth-order valence-electron chi connectivity index (χ4n) is 1.31. The second-order valence-electron chi connectivity index (χ2n) is 3.32. The molecule has 0 saturated carbocycles. The van der Waals surface area contributed by atoms with Gasteiger partial charge in [-0.3, -0.25) is 20.2 Å². The summed E-state index contributed by atoms with van der Waals surface area (Å²) in [5.41, 5.74) is -1.21. The minimum atomic E-state index is -1.13. The van der Waals surface area contributed by atoms with Crippen LogP contribution in [0.3, 0.4) is 0 Å². The van der Waals surface area contributed by atoms with Crippen molar-refractivity contribution in [1.82, 2.24) is 0 Å². The van der Waals surface area contributed by atoms with Crippen LogP contribution in [-0.4, -0.2) is 22.4 Å². The van der Waals surface area contributed by atoms with E-state index in [1.165, 1.54) is 31.2 Å². The van der Waals surface area contributed by atoms with Gasteiger partial charge in [-0.25, -0.2) is 4.79 Å². The van der Waals surface area contributed by atoms with Crippen LogP contribution < -0.4 is 0 Å². The van der Waals surface area contributed by atoms with Crippen molar-refractivity contribution in [2.75, 3.05) is 6.61 Å². The van der Waals surface area contributed by atoms with Crippen molar-refractivity contribution in [3.8, 4) is 0 Å². The van der Waals surface area contributed by atoms with E-state index >= 15 is 0 Å². The van der Waals surface area contributed by atoms with Crippen molar-refractivity contribution >= 4 is 17.7 Å². The summed E-state index contributed by atoms with van der Waals surface area (Å²) < 4.78 is 4.52. The van der Waals surface area contributed by atoms with E-state index in [1.807, 2.05) is 0 Å². The topological polar surface area (TPSA) is 113 Å². The van der Waals surface area contributed by atoms with E-state index in [9.17, 15) is 25.0 Å². The third-order valence-electron chi connectivity index (χ3n) is 2.11. The molecule has 0 aliphatic carbocycles. The molecule has 8 nitrogen and oxygen atoms in total. The van der Waals surface area contributed by atoms with E-state index in [0.717, 1.165) is 6.08 Å². The number of nitrogens with zero attached hydrogens (tertiary/aromatic N) is 2. The van der Waals surface area contributed by atoms with Crippen LogP contribution >= 0.6 is 0 Å². The summed E-state index contributed by atoms with van der Waals surface area (Å²) in [6.07, 6.45) is 0.829. The first kappa shape index (κ1) is 14.3. The van der Waals surface area contributed by atoms with Crippen LogP contribution in [0.4, 0.5) is 5.69 Å². The molecule has 100 valence electrons. The molecule has 0 aromatic heterocycles. The average Bonchev–Trinajstić information content (AvgIpc) is 2.36. The lowest BCUT2D eigenvalue weighted by molar-refractivity contribution is -0.419. The van der Waals surface area contributed by atoms with Crippen molar-refractivity contribution in [2.24, 2.45) is 0 Å². The van der Waals surface area contributed by atoms with Gasteiger partial charge in [0.15, 0.2) is 0 Å². The van der Waals surface area contributed by atoms with E-state index in [1.54, 1.807) is 0 Å². The van der Waals surface area contributed by atoms with Crippen LogP contribution in [0.1, 0.15) is 12.5 Å². The number of benzene rings is 1. The summed E-state index contributed by atoms with van der Waals surface area (Å²) in [5.74, 6) is -1.13. The molecule has 0 N–H and O–H groups in total. The highest BCUT2D eigenvalue weighted by molar-refractivity contribution is 5.91. The van der Waals surface area contributed by atoms with E-state index in [2.05, 4.69) is 4.74 Å². The molecular weight excluding hydrogens is 256 g/mol. The molecule has 0 saturated heterocycles. The molecule has 0 heterocycles. The van der Waals surface area contributed by atoms with E-state index < -0.39 is 21.5 Å². The smallest absolute Gasteiger partial charge is 0.409 e. The number of para-hydroxylation sites is 1. The fourth-order valence-corrected chi connectivity index (χ4v) is 1.31. The van der Waals surface area contributed by atoms with Gasteiger partial charge in [-0.15, -0.1) is 0 Å². The predicted molar refractivity (Wildman–Crippen MR) is 64.7 cm³/mol. The van der Waals surface area contributed by atoms with E-state index in [4.69, 9.17) is 0 Å². The summed E-state index contributed by atoms with van der Waals surface area (Å²) in [6.45, 7) is 1.47. The first-order valence-electron chi connectivity index (χ1n) is 5.24. The first-order valence-corrected chi connectivity index (χ1v) is 5.24. The van der Waals surface area contributed by atoms with Gasteiger partial charge in [0, 0.05) is 12.1 Å². The summed E-state index contributed by atoms with van der Waals surface area (Å²) in [6, 6.07) is 5.39. The van der Waals surface area contributed by atoms with Gasteiger partial charge in [0.05, 0.1) is 22.0 Å². The van der Waals surface area contributed by atoms with Gasteiger partial charge in [0.25, 0.3) is 5.69 Å². The Hall–Kier alpha value is -2.77. The van der Waals surface area contributed by atoms with Crippen molar-refractivity contribution in [3.63, 3.8) is 0 Å². The fraction of sp³-hybridized carbons (Fsp3) is 0.182. The number of nitro groups is 2. The molecule has 1 rings (SSSR count). The molecule has 0 fully saturated rings. The molecule has 1 aromatic carbocycles. The maximum absolute atomic E-state index is 11.4. The van der Waals surface area contributed by atoms with Crippen molar-refractivity contribution in [1.29, 1.82) is 0 Å². The highest BCUT2D eigenvalue weighted by Gasteiger charge is 2.25. The van der Waals surface area contributed by atoms with Crippen LogP contribution in [0.5, 0.6) is 0 Å². The normalized spacial score (nSPS) is 10.9. The lowest BCUT2D eigenvalue weighted by atomic mass is 10.1. The number of hydrogen-bond acceptors (Lipinski definition) is 6. The van der Waals surface area contributed by atoms with Crippen LogP contribution in [-0.2, 0) is 9.53 Å². The average molecular weight is 266 g/mol. The molecule has 0 bridgehead atoms. The number of hydrogen-bond donors (Lipinski definition) is 0. The molecule has 0 amide bonds. The monoisotopic (exact) mass is 266 g/mol. The lowest BCUT2D eigenvalue weighted by Crippen LogP contribution is -2.14. The van der Waals surface area contributed by atoms with Gasteiger partial charge in [0.2, 0.25) is 0 Å². The Morgan fingerprint density at radius 2 is 1.95 bits per heavy atom. The Bertz CT molecular complexity index is 552. The summed E-state index contributed by atoms with van der Waals surface area (Å²) >= 11 is 0. The van der Waals surface area contributed by atoms with Crippen molar-refractivity contribution < 1.29 is 19.4 Å². The van der Waals surface area contributed by atoms with E-state index in [-0.39, 0.29) is 17.9 Å². The lowest BCUT2D eigenvalue weighted by Gasteiger charge is -2.00. The highest BCUT2D eigenvalue weighted by atomic mass is 16.6. The predicted octanol–water partition coefficient (Wildman–Crippen LogP) is 1.78. The molecule has 0 radical (unpaired) electrons. The minimum absolute atomic E-state index is 0.0269. The minimum Gasteiger partial charge on any atom is -0.458 e. The van der Waals surface area contributed by atoms with Gasteiger partial charge in [0.1, 0.15) is 0 Å². The number of ether oxygens (including phenoxy) is 1. The molecule has 0 aliphatic rings. The molecular formula is C11H10N2O6. The maximum atomic E-state index is 11.4. The number of nitro benzene ring substituents is 1. The standard InChI is InChI=1S/C11H10N2O6/c1-2-19-11(14)10(13(17)18)7-8-5-3-4-6-9(8)12(15)16/h3-7H,2H2,1H3/b10-7-. The molecule has 1 aromatic rings. The van der Waals surface area contributed by atoms with Gasteiger partial charge in [-0.2, -0.15) is 0 Å². The maximum Gasteiger partial charge on any atom is 0.409 e. The van der Waals surface area contributed by atoms with Crippen molar-refractivity contribution in [2.45, 2.75) is 6.92 Å². The van der Waals surface area contributed by atoms with Gasteiger partial charge in [-0.1, -0.05) is 12.1 Å². The quantitative estimate of drug-likeness (QED) is 0.347. The summed E-state index contributed by atoms with van der Waals surface area (Å²) in [7, 11) is 0. The number of carbonyl (C=O) groups is 1. The van der Waals surface area contributed by atoms with Crippen LogP contribution in [0.15, 0.2) is 30.0 Å². The van der Waals surface area contributed by atoms with Gasteiger partial charge < -0.3 is 4.74 Å². The van der Waals surface area contributed by atoms with Gasteiger partial charge >= 0.3 is 11.7 Å². The number of rotatable bonds is 5. The van der Waals surface area contributed by atoms with Crippen LogP contribution in [0.25, 0.3) is 6.08 Å². The molecule has 0 unspecified atom stereocenters. The molecule has 0 atom stereocenters. The van der Waals surface area contributed by atoms with Crippen molar-refractivity contribution in [3.05, 3.63) is 55.8 Å². The van der Waals surface area contributed by atoms with Gasteiger partial charge in [-0.05, 0) is 13.0 Å². The highest BCUT2D eigenvalue weighted by Crippen LogP contribution is 2.21. The third-order valence-corrected chi connectivity index (χ3v) is 2.11. The molecule has 8 heteroatoms. The third kappa shape index (κ3) is 3.60. The number of carbonyl (C=O) groups excluding carboxylic acids is 1. The second kappa shape index (κ2) is 6.24. The Morgan fingerprint density at radius 3 is 2.47 bits per heavy atom. The zero-order valence-electron chi connectivity index (χ0n) is 9.94. The largest absolute Gasteiger partial charge is 0.458 e. The van der Waals surface area contributed by atoms with E-state index in [0.29, 0.717) is 0 Å². The molecule has 0 spiro atoms. The Kier molecular flexibility index (Phi) is 4.69. The molecule has 19 heavy (non-hydrogen) atoms. The summed E-state index contributed by atoms with van der Waals surface area (Å²) in [4.78, 5) is 31.3. The Balaban J connectivity index is 3.27. The van der Waals surface area contributed by atoms with Crippen LogP contribution in [0, 0.1) is 20.2 Å². The second-order valence-corrected chi connectivity index (χ2v) is 3.32. The first-order chi connectivity index (χ1) is 8.97. The SMILES string of the molecule is CCOC(=O)/C(=C/c1ccccc1[N+](=O)[O-])[N+](=O)[O-]. The molecule has 0 aliphatic heterocycles. The summed E-state index contributed by atoms with van der Waals surface area (Å²) in [5, 5.41) is 21.5. The zero-order valence-corrected chi connectivity index (χ0v) is 9.94. The Morgan fingerprint density at radius 1 is 1.32 bits per heavy atom. The Labute approximate surface area is 107 Å².